The van der Waals surface area contributed by atoms with Crippen molar-refractivity contribution in [2.24, 2.45) is 0 Å². The van der Waals surface area contributed by atoms with E-state index in [1.165, 1.54) is 0 Å². The first kappa shape index (κ1) is 20.7. The van der Waals surface area contributed by atoms with Crippen molar-refractivity contribution >= 4 is 29.1 Å². The average molecular weight is 393 g/mol. The Bertz CT molecular complexity index is 672. The summed E-state index contributed by atoms with van der Waals surface area (Å²) in [6.07, 6.45) is 6.27. The number of hydrogen-bond donors (Lipinski definition) is 0. The maximum absolute atomic E-state index is 12.3. The zero-order valence-electron chi connectivity index (χ0n) is 15.4. The molecule has 1 aromatic carbocycles. The van der Waals surface area contributed by atoms with Crippen LogP contribution in [0, 0.1) is 0 Å². The normalized spacial score (nSPS) is 17.0. The molecule has 0 radical (unpaired) electrons. The van der Waals surface area contributed by atoms with E-state index < -0.39 is 0 Å². The highest BCUT2D eigenvalue weighted by Crippen LogP contribution is 2.34. The van der Waals surface area contributed by atoms with Gasteiger partial charge in [-0.15, -0.1) is 0 Å². The predicted octanol–water partition coefficient (Wildman–Crippen LogP) is 6.32. The second-order valence-electron chi connectivity index (χ2n) is 6.38. The minimum atomic E-state index is 0.114. The number of benzene rings is 1. The number of nitrogens with zero attached hydrogens (tertiary/aromatic N) is 2. The van der Waals surface area contributed by atoms with E-state index in [1.54, 1.807) is 6.20 Å². The van der Waals surface area contributed by atoms with Crippen LogP contribution in [0.2, 0.25) is 10.0 Å². The molecule has 0 spiro atoms. The zero-order chi connectivity index (χ0) is 18.9. The van der Waals surface area contributed by atoms with Crippen LogP contribution < -0.4 is 0 Å². The largest absolute Gasteiger partial charge is 0.331 e. The Morgan fingerprint density at radius 1 is 1.08 bits per heavy atom. The Morgan fingerprint density at radius 3 is 2.27 bits per heavy atom. The summed E-state index contributed by atoms with van der Waals surface area (Å²) in [6, 6.07) is 13.7. The van der Waals surface area contributed by atoms with Crippen LogP contribution in [0.4, 0.5) is 0 Å². The van der Waals surface area contributed by atoms with Crippen molar-refractivity contribution in [3.8, 4) is 0 Å². The monoisotopic (exact) mass is 392 g/mol. The molecule has 140 valence electrons. The number of pyridine rings is 1. The van der Waals surface area contributed by atoms with Crippen LogP contribution in [-0.2, 0) is 4.79 Å². The quantitative estimate of drug-likeness (QED) is 0.609. The minimum Gasteiger partial charge on any atom is -0.331 e. The number of amides is 1. The van der Waals surface area contributed by atoms with Gasteiger partial charge in [-0.05, 0) is 49.9 Å². The first-order valence-corrected chi connectivity index (χ1v) is 9.95. The van der Waals surface area contributed by atoms with Gasteiger partial charge in [0.1, 0.15) is 0 Å². The summed E-state index contributed by atoms with van der Waals surface area (Å²) in [5.41, 5.74) is 0.962. The third kappa shape index (κ3) is 5.72. The fraction of sp³-hybridized carbons (Fsp3) is 0.429. The van der Waals surface area contributed by atoms with Crippen molar-refractivity contribution in [2.75, 3.05) is 0 Å². The first-order chi connectivity index (χ1) is 12.6. The maximum Gasteiger partial charge on any atom is 0.223 e. The molecular formula is C21H26Cl2N2O. The van der Waals surface area contributed by atoms with Crippen molar-refractivity contribution in [1.82, 2.24) is 9.88 Å². The van der Waals surface area contributed by atoms with Gasteiger partial charge in [0.2, 0.25) is 5.91 Å². The Labute approximate surface area is 166 Å². The van der Waals surface area contributed by atoms with Crippen molar-refractivity contribution < 1.29 is 4.79 Å². The molecule has 0 aliphatic carbocycles. The molecular weight excluding hydrogens is 367 g/mol. The van der Waals surface area contributed by atoms with E-state index in [-0.39, 0.29) is 11.9 Å². The number of hydrogen-bond acceptors (Lipinski definition) is 2. The van der Waals surface area contributed by atoms with Gasteiger partial charge in [0.05, 0.1) is 16.8 Å². The molecule has 1 aromatic heterocycles. The summed E-state index contributed by atoms with van der Waals surface area (Å²) in [5.74, 6) is 0.265. The summed E-state index contributed by atoms with van der Waals surface area (Å²) in [7, 11) is 0. The van der Waals surface area contributed by atoms with Gasteiger partial charge in [0.15, 0.2) is 0 Å². The third-order valence-electron chi connectivity index (χ3n) is 4.65. The highest BCUT2D eigenvalue weighted by molar-refractivity contribution is 6.30. The lowest BCUT2D eigenvalue weighted by Gasteiger charge is -2.40. The fourth-order valence-electron chi connectivity index (χ4n) is 3.32. The molecule has 1 amide bonds. The summed E-state index contributed by atoms with van der Waals surface area (Å²) in [5, 5.41) is 1.43. The molecule has 3 rings (SSSR count). The van der Waals surface area contributed by atoms with E-state index in [9.17, 15) is 4.79 Å². The van der Waals surface area contributed by atoms with Gasteiger partial charge in [-0.2, -0.15) is 0 Å². The van der Waals surface area contributed by atoms with Crippen LogP contribution in [0.5, 0.6) is 0 Å². The Kier molecular flexibility index (Phi) is 8.40. The molecule has 2 heterocycles. The molecule has 5 heteroatoms. The summed E-state index contributed by atoms with van der Waals surface area (Å²) >= 11 is 11.4. The second kappa shape index (κ2) is 10.5. The summed E-state index contributed by atoms with van der Waals surface area (Å²) in [4.78, 5) is 18.7. The SMILES string of the molecule is CCC(CC)N1C(=O)CCCC1c1ccc(Cl)cn1.Clc1ccccc1. The maximum atomic E-state index is 12.3. The number of carbonyl (C=O) groups is 1. The van der Waals surface area contributed by atoms with E-state index in [4.69, 9.17) is 23.2 Å². The van der Waals surface area contributed by atoms with Gasteiger partial charge in [-0.25, -0.2) is 0 Å². The number of carbonyl (C=O) groups excluding carboxylic acids is 1. The van der Waals surface area contributed by atoms with Crippen molar-refractivity contribution in [1.29, 1.82) is 0 Å². The molecule has 0 N–H and O–H groups in total. The third-order valence-corrected chi connectivity index (χ3v) is 5.13. The van der Waals surface area contributed by atoms with Crippen molar-refractivity contribution in [3.63, 3.8) is 0 Å². The van der Waals surface area contributed by atoms with Crippen molar-refractivity contribution in [3.05, 3.63) is 64.4 Å². The van der Waals surface area contributed by atoms with Crippen LogP contribution in [-0.4, -0.2) is 21.8 Å². The molecule has 1 atom stereocenters. The number of rotatable bonds is 4. The van der Waals surface area contributed by atoms with E-state index in [0.29, 0.717) is 17.5 Å². The van der Waals surface area contributed by atoms with Crippen LogP contribution in [0.25, 0.3) is 0 Å². The minimum absolute atomic E-state index is 0.114. The van der Waals surface area contributed by atoms with E-state index in [0.717, 1.165) is 36.4 Å². The molecule has 3 nitrogen and oxygen atoms in total. The fourth-order valence-corrected chi connectivity index (χ4v) is 3.58. The number of halogens is 2. The van der Waals surface area contributed by atoms with Crippen LogP contribution in [0.15, 0.2) is 48.7 Å². The van der Waals surface area contributed by atoms with Gasteiger partial charge in [0, 0.05) is 23.7 Å². The molecule has 1 unspecified atom stereocenters. The number of aromatic nitrogens is 1. The van der Waals surface area contributed by atoms with E-state index >= 15 is 0 Å². The smallest absolute Gasteiger partial charge is 0.223 e. The molecule has 0 saturated carbocycles. The highest BCUT2D eigenvalue weighted by atomic mass is 35.5. The molecule has 1 saturated heterocycles. The zero-order valence-corrected chi connectivity index (χ0v) is 16.9. The topological polar surface area (TPSA) is 33.2 Å². The number of piperidine rings is 1. The molecule has 1 aliphatic rings. The summed E-state index contributed by atoms with van der Waals surface area (Å²) < 4.78 is 0. The lowest BCUT2D eigenvalue weighted by Crippen LogP contribution is -2.45. The van der Waals surface area contributed by atoms with Gasteiger partial charge in [-0.3, -0.25) is 9.78 Å². The van der Waals surface area contributed by atoms with Gasteiger partial charge in [-0.1, -0.05) is 55.2 Å². The van der Waals surface area contributed by atoms with Crippen LogP contribution in [0.1, 0.15) is 57.7 Å². The van der Waals surface area contributed by atoms with Crippen LogP contribution in [0.3, 0.4) is 0 Å². The number of likely N-dealkylation sites (tertiary alicyclic amines) is 1. The molecule has 1 fully saturated rings. The van der Waals surface area contributed by atoms with Gasteiger partial charge >= 0.3 is 0 Å². The van der Waals surface area contributed by atoms with E-state index in [1.807, 2.05) is 42.5 Å². The molecule has 2 aromatic rings. The Morgan fingerprint density at radius 2 is 1.77 bits per heavy atom. The first-order valence-electron chi connectivity index (χ1n) is 9.20. The molecule has 26 heavy (non-hydrogen) atoms. The highest BCUT2D eigenvalue weighted by Gasteiger charge is 2.33. The molecule has 1 aliphatic heterocycles. The van der Waals surface area contributed by atoms with Crippen LogP contribution >= 0.6 is 23.2 Å². The predicted molar refractivity (Wildman–Crippen MR) is 109 cm³/mol. The van der Waals surface area contributed by atoms with E-state index in [2.05, 4.69) is 23.7 Å². The Balaban J connectivity index is 0.000000290. The van der Waals surface area contributed by atoms with Crippen molar-refractivity contribution in [2.45, 2.75) is 58.0 Å². The average Bonchev–Trinajstić information content (AvgIpc) is 2.66. The molecule has 0 bridgehead atoms. The lowest BCUT2D eigenvalue weighted by molar-refractivity contribution is -0.140. The second-order valence-corrected chi connectivity index (χ2v) is 7.25. The summed E-state index contributed by atoms with van der Waals surface area (Å²) in [6.45, 7) is 4.28. The Hall–Kier alpha value is -1.58. The van der Waals surface area contributed by atoms with Gasteiger partial charge in [0.25, 0.3) is 0 Å². The van der Waals surface area contributed by atoms with Gasteiger partial charge < -0.3 is 4.90 Å². The lowest BCUT2D eigenvalue weighted by atomic mass is 9.94. The standard InChI is InChI=1S/C15H21ClN2O.C6H5Cl/c1-3-12(4-2)18-14(6-5-7-15(18)19)13-9-8-11(16)10-17-13;7-6-4-2-1-3-5-6/h8-10,12,14H,3-7H2,1-2H3;1-5H.